The first-order valence-electron chi connectivity index (χ1n) is 4.41. The van der Waals surface area contributed by atoms with Crippen molar-refractivity contribution in [3.63, 3.8) is 0 Å². The first-order chi connectivity index (χ1) is 7.47. The van der Waals surface area contributed by atoms with Crippen molar-refractivity contribution >= 4 is 5.97 Å². The fraction of sp³-hybridized carbons (Fsp3) is 0.300. The number of carbonyl (C=O) groups excluding carboxylic acids is 1. The minimum Gasteiger partial charge on any atom is -0.462 e. The smallest absolute Gasteiger partial charge is 0.341 e. The molecule has 16 heavy (non-hydrogen) atoms. The highest BCUT2D eigenvalue weighted by atomic mass is 19.3. The van der Waals surface area contributed by atoms with E-state index >= 15 is 0 Å². The molecule has 0 radical (unpaired) electrons. The highest BCUT2D eigenvalue weighted by Gasteiger charge is 2.21. The molecule has 0 atom stereocenters. The van der Waals surface area contributed by atoms with Crippen LogP contribution in [-0.4, -0.2) is 12.6 Å². The third-order valence-corrected chi connectivity index (χ3v) is 1.82. The van der Waals surface area contributed by atoms with Gasteiger partial charge >= 0.3 is 5.97 Å². The van der Waals surface area contributed by atoms with Gasteiger partial charge < -0.3 is 4.74 Å². The lowest BCUT2D eigenvalue weighted by Gasteiger charge is -2.07. The molecule has 1 aromatic carbocycles. The molecule has 0 saturated carbocycles. The fourth-order valence-electron chi connectivity index (χ4n) is 1.10. The van der Waals surface area contributed by atoms with Gasteiger partial charge in [0.05, 0.1) is 17.7 Å². The highest BCUT2D eigenvalue weighted by Crippen LogP contribution is 2.25. The van der Waals surface area contributed by atoms with Crippen molar-refractivity contribution in [3.8, 4) is 0 Å². The number of benzene rings is 1. The Morgan fingerprint density at radius 1 is 1.31 bits per heavy atom. The molecule has 88 valence electrons. The largest absolute Gasteiger partial charge is 0.462 e. The third kappa shape index (κ3) is 2.50. The second-order valence-corrected chi connectivity index (χ2v) is 2.87. The van der Waals surface area contributed by atoms with Crippen LogP contribution < -0.4 is 0 Å². The van der Waals surface area contributed by atoms with Gasteiger partial charge in [-0.2, -0.15) is 0 Å². The SMILES string of the molecule is CCOC(=O)c1cc(C(F)F)c(F)cc1F. The first-order valence-corrected chi connectivity index (χ1v) is 4.41. The minimum absolute atomic E-state index is 0.0281. The van der Waals surface area contributed by atoms with E-state index in [4.69, 9.17) is 0 Å². The zero-order chi connectivity index (χ0) is 12.3. The van der Waals surface area contributed by atoms with Crippen LogP contribution in [0.5, 0.6) is 0 Å². The number of rotatable bonds is 3. The Morgan fingerprint density at radius 3 is 2.44 bits per heavy atom. The second kappa shape index (κ2) is 4.96. The molecule has 0 fully saturated rings. The van der Waals surface area contributed by atoms with Gasteiger partial charge in [0, 0.05) is 6.07 Å². The van der Waals surface area contributed by atoms with Crippen molar-refractivity contribution in [1.82, 2.24) is 0 Å². The number of halogens is 4. The average Bonchev–Trinajstić information content (AvgIpc) is 2.17. The summed E-state index contributed by atoms with van der Waals surface area (Å²) in [4.78, 5) is 11.1. The second-order valence-electron chi connectivity index (χ2n) is 2.87. The molecule has 1 aromatic rings. The lowest BCUT2D eigenvalue weighted by molar-refractivity contribution is 0.0520. The van der Waals surface area contributed by atoms with E-state index in [9.17, 15) is 22.4 Å². The van der Waals surface area contributed by atoms with Crippen LogP contribution in [0.4, 0.5) is 17.6 Å². The van der Waals surface area contributed by atoms with Gasteiger partial charge in [-0.3, -0.25) is 0 Å². The molecule has 2 nitrogen and oxygen atoms in total. The Kier molecular flexibility index (Phi) is 3.87. The highest BCUT2D eigenvalue weighted by molar-refractivity contribution is 5.89. The van der Waals surface area contributed by atoms with Gasteiger partial charge in [0.25, 0.3) is 6.43 Å². The van der Waals surface area contributed by atoms with Crippen LogP contribution in [0.1, 0.15) is 29.3 Å². The minimum atomic E-state index is -3.12. The molecule has 0 heterocycles. The van der Waals surface area contributed by atoms with E-state index in [0.717, 1.165) is 0 Å². The van der Waals surface area contributed by atoms with Crippen molar-refractivity contribution in [2.24, 2.45) is 0 Å². The Morgan fingerprint density at radius 2 is 1.94 bits per heavy atom. The Balaban J connectivity index is 3.19. The lowest BCUT2D eigenvalue weighted by Crippen LogP contribution is -2.09. The molecule has 0 aliphatic carbocycles. The van der Waals surface area contributed by atoms with E-state index in [1.807, 2.05) is 0 Å². The van der Waals surface area contributed by atoms with Crippen LogP contribution in [0.15, 0.2) is 12.1 Å². The molecular formula is C10H8F4O2. The predicted molar refractivity (Wildman–Crippen MR) is 47.3 cm³/mol. The van der Waals surface area contributed by atoms with Crippen molar-refractivity contribution in [2.75, 3.05) is 6.61 Å². The number of ether oxygens (including phenoxy) is 1. The van der Waals surface area contributed by atoms with Crippen LogP contribution >= 0.6 is 0 Å². The van der Waals surface area contributed by atoms with E-state index in [1.165, 1.54) is 6.92 Å². The van der Waals surface area contributed by atoms with Crippen molar-refractivity contribution in [3.05, 3.63) is 34.9 Å². The predicted octanol–water partition coefficient (Wildman–Crippen LogP) is 3.08. The van der Waals surface area contributed by atoms with Gasteiger partial charge in [-0.05, 0) is 13.0 Å². The third-order valence-electron chi connectivity index (χ3n) is 1.82. The monoisotopic (exact) mass is 236 g/mol. The summed E-state index contributed by atoms with van der Waals surface area (Å²) in [6, 6.07) is 0.709. The summed E-state index contributed by atoms with van der Waals surface area (Å²) >= 11 is 0. The van der Waals surface area contributed by atoms with Gasteiger partial charge in [0.1, 0.15) is 11.6 Å². The molecule has 0 saturated heterocycles. The number of esters is 1. The molecular weight excluding hydrogens is 228 g/mol. The Labute approximate surface area is 88.8 Å². The number of hydrogen-bond donors (Lipinski definition) is 0. The van der Waals surface area contributed by atoms with E-state index in [0.29, 0.717) is 6.07 Å². The maximum absolute atomic E-state index is 13.1. The summed E-state index contributed by atoms with van der Waals surface area (Å²) in [5.74, 6) is -3.71. The molecule has 0 N–H and O–H groups in total. The van der Waals surface area contributed by atoms with Crippen LogP contribution in [0.2, 0.25) is 0 Å². The molecule has 0 aliphatic rings. The van der Waals surface area contributed by atoms with Gasteiger partial charge in [0.2, 0.25) is 0 Å². The zero-order valence-electron chi connectivity index (χ0n) is 8.27. The van der Waals surface area contributed by atoms with E-state index in [-0.39, 0.29) is 12.7 Å². The van der Waals surface area contributed by atoms with Crippen molar-refractivity contribution in [2.45, 2.75) is 13.3 Å². The average molecular weight is 236 g/mol. The zero-order valence-corrected chi connectivity index (χ0v) is 8.27. The summed E-state index contributed by atoms with van der Waals surface area (Å²) in [6.45, 7) is 1.45. The molecule has 0 aromatic heterocycles. The van der Waals surface area contributed by atoms with Crippen LogP contribution in [0, 0.1) is 11.6 Å². The van der Waals surface area contributed by atoms with Crippen molar-refractivity contribution in [1.29, 1.82) is 0 Å². The van der Waals surface area contributed by atoms with Crippen LogP contribution in [-0.2, 0) is 4.74 Å². The summed E-state index contributed by atoms with van der Waals surface area (Å²) < 4.78 is 54.9. The topological polar surface area (TPSA) is 26.3 Å². The molecule has 0 spiro atoms. The maximum Gasteiger partial charge on any atom is 0.341 e. The standard InChI is InChI=1S/C10H8F4O2/c1-2-16-10(15)6-3-5(9(13)14)7(11)4-8(6)12/h3-4,9H,2H2,1H3. The number of alkyl halides is 2. The van der Waals surface area contributed by atoms with E-state index in [2.05, 4.69) is 4.74 Å². The lowest BCUT2D eigenvalue weighted by atomic mass is 10.1. The normalized spacial score (nSPS) is 10.6. The van der Waals surface area contributed by atoms with Gasteiger partial charge in [-0.1, -0.05) is 0 Å². The number of hydrogen-bond acceptors (Lipinski definition) is 2. The summed E-state index contributed by atoms with van der Waals surface area (Å²) in [5.41, 5.74) is -1.72. The summed E-state index contributed by atoms with van der Waals surface area (Å²) in [7, 11) is 0. The number of carbonyl (C=O) groups is 1. The van der Waals surface area contributed by atoms with E-state index in [1.54, 1.807) is 0 Å². The maximum atomic E-state index is 13.1. The molecule has 1 rings (SSSR count). The van der Waals surface area contributed by atoms with Gasteiger partial charge in [0.15, 0.2) is 0 Å². The van der Waals surface area contributed by atoms with Crippen molar-refractivity contribution < 1.29 is 27.1 Å². The van der Waals surface area contributed by atoms with Gasteiger partial charge in [-0.25, -0.2) is 22.4 Å². The van der Waals surface area contributed by atoms with E-state index < -0.39 is 35.2 Å². The van der Waals surface area contributed by atoms with Crippen LogP contribution in [0.3, 0.4) is 0 Å². The molecule has 0 unspecified atom stereocenters. The Hall–Kier alpha value is -1.59. The molecule has 6 heteroatoms. The van der Waals surface area contributed by atoms with Gasteiger partial charge in [-0.15, -0.1) is 0 Å². The fourth-order valence-corrected chi connectivity index (χ4v) is 1.10. The molecule has 0 amide bonds. The molecule has 0 bridgehead atoms. The quantitative estimate of drug-likeness (QED) is 0.595. The van der Waals surface area contributed by atoms with Crippen LogP contribution in [0.25, 0.3) is 0 Å². The molecule has 0 aliphatic heterocycles. The first kappa shape index (κ1) is 12.5. The summed E-state index contributed by atoms with van der Waals surface area (Å²) in [6.07, 6.45) is -3.12. The summed E-state index contributed by atoms with van der Waals surface area (Å²) in [5, 5.41) is 0. The Bertz CT molecular complexity index is 404.